The van der Waals surface area contributed by atoms with Crippen LogP contribution in [0.1, 0.15) is 63.6 Å². The predicted octanol–water partition coefficient (Wildman–Crippen LogP) is 5.05. The van der Waals surface area contributed by atoms with Gasteiger partial charge < -0.3 is 10.1 Å². The Labute approximate surface area is 181 Å². The Morgan fingerprint density at radius 3 is 2.17 bits per heavy atom. The van der Waals surface area contributed by atoms with Gasteiger partial charge in [0.25, 0.3) is 5.91 Å². The van der Waals surface area contributed by atoms with Crippen molar-refractivity contribution in [3.63, 3.8) is 0 Å². The number of benzene rings is 2. The van der Waals surface area contributed by atoms with E-state index in [4.69, 9.17) is 4.74 Å². The lowest BCUT2D eigenvalue weighted by molar-refractivity contribution is -0.127. The van der Waals surface area contributed by atoms with Crippen LogP contribution in [0.15, 0.2) is 48.5 Å². The van der Waals surface area contributed by atoms with Crippen LogP contribution in [0, 0.1) is 0 Å². The summed E-state index contributed by atoms with van der Waals surface area (Å²) in [6.07, 6.45) is 3.44. The fourth-order valence-electron chi connectivity index (χ4n) is 3.76. The molecular formula is C26H36N2O2. The lowest BCUT2D eigenvalue weighted by Gasteiger charge is -2.26. The Morgan fingerprint density at radius 2 is 1.57 bits per heavy atom. The summed E-state index contributed by atoms with van der Waals surface area (Å²) in [5, 5.41) is 2.98. The first-order valence-corrected chi connectivity index (χ1v) is 11.2. The van der Waals surface area contributed by atoms with E-state index in [-0.39, 0.29) is 11.3 Å². The fourth-order valence-corrected chi connectivity index (χ4v) is 3.76. The van der Waals surface area contributed by atoms with E-state index in [0.29, 0.717) is 12.3 Å². The number of ether oxygens (including phenoxy) is 1. The third kappa shape index (κ3) is 6.60. The Kier molecular flexibility index (Phi) is 7.54. The van der Waals surface area contributed by atoms with Crippen LogP contribution in [0.2, 0.25) is 0 Å². The molecule has 2 aromatic carbocycles. The molecule has 0 bridgehead atoms. The van der Waals surface area contributed by atoms with E-state index in [1.54, 1.807) is 6.92 Å². The van der Waals surface area contributed by atoms with Gasteiger partial charge in [-0.3, -0.25) is 9.69 Å². The molecule has 0 saturated carbocycles. The summed E-state index contributed by atoms with van der Waals surface area (Å²) in [6.45, 7) is 12.3. The zero-order chi connectivity index (χ0) is 21.6. The normalized spacial score (nSPS) is 16.1. The largest absolute Gasteiger partial charge is 0.481 e. The second-order valence-corrected chi connectivity index (χ2v) is 9.41. The van der Waals surface area contributed by atoms with E-state index in [9.17, 15) is 4.79 Å². The van der Waals surface area contributed by atoms with Crippen LogP contribution < -0.4 is 10.1 Å². The average Bonchev–Trinajstić information content (AvgIpc) is 2.73. The highest BCUT2D eigenvalue weighted by atomic mass is 16.5. The number of hydrogen-bond donors (Lipinski definition) is 1. The average molecular weight is 409 g/mol. The number of hydrogen-bond acceptors (Lipinski definition) is 3. The molecule has 4 nitrogen and oxygen atoms in total. The molecule has 1 N–H and O–H groups in total. The SMILES string of the molecule is C[C@@H](Oc1ccc(C(C)(C)C)cc1)C(=O)NCc1ccc(CN2CCCCC2)cc1. The maximum Gasteiger partial charge on any atom is 0.261 e. The van der Waals surface area contributed by atoms with Gasteiger partial charge in [0, 0.05) is 13.1 Å². The molecule has 162 valence electrons. The smallest absolute Gasteiger partial charge is 0.261 e. The Bertz CT molecular complexity index is 800. The van der Waals surface area contributed by atoms with Gasteiger partial charge in [0.05, 0.1) is 0 Å². The number of carbonyl (C=O) groups is 1. The fraction of sp³-hybridized carbons (Fsp3) is 0.500. The first-order valence-electron chi connectivity index (χ1n) is 11.2. The van der Waals surface area contributed by atoms with E-state index >= 15 is 0 Å². The number of nitrogens with zero attached hydrogens (tertiary/aromatic N) is 1. The third-order valence-corrected chi connectivity index (χ3v) is 5.75. The van der Waals surface area contributed by atoms with Gasteiger partial charge >= 0.3 is 0 Å². The number of piperidine rings is 1. The minimum atomic E-state index is -0.538. The van der Waals surface area contributed by atoms with E-state index in [1.165, 1.54) is 43.5 Å². The summed E-state index contributed by atoms with van der Waals surface area (Å²) >= 11 is 0. The van der Waals surface area contributed by atoms with Crippen molar-refractivity contribution < 1.29 is 9.53 Å². The number of rotatable bonds is 7. The molecule has 1 aliphatic heterocycles. The van der Waals surface area contributed by atoms with Gasteiger partial charge in [0.15, 0.2) is 6.10 Å². The van der Waals surface area contributed by atoms with E-state index < -0.39 is 6.10 Å². The second kappa shape index (κ2) is 10.1. The number of amides is 1. The Hall–Kier alpha value is -2.33. The summed E-state index contributed by atoms with van der Waals surface area (Å²) in [6, 6.07) is 16.6. The van der Waals surface area contributed by atoms with Crippen LogP contribution in [-0.2, 0) is 23.3 Å². The van der Waals surface area contributed by atoms with Crippen LogP contribution in [-0.4, -0.2) is 30.0 Å². The molecule has 0 spiro atoms. The summed E-state index contributed by atoms with van der Waals surface area (Å²) in [5.41, 5.74) is 3.79. The molecule has 0 aromatic heterocycles. The molecule has 2 aromatic rings. The molecule has 1 fully saturated rings. The summed E-state index contributed by atoms with van der Waals surface area (Å²) in [4.78, 5) is 15.0. The second-order valence-electron chi connectivity index (χ2n) is 9.41. The molecule has 1 atom stereocenters. The minimum Gasteiger partial charge on any atom is -0.481 e. The van der Waals surface area contributed by atoms with Gasteiger partial charge in [0.1, 0.15) is 5.75 Å². The summed E-state index contributed by atoms with van der Waals surface area (Å²) in [5.74, 6) is 0.611. The van der Waals surface area contributed by atoms with E-state index in [0.717, 1.165) is 12.1 Å². The monoisotopic (exact) mass is 408 g/mol. The van der Waals surface area contributed by atoms with Crippen molar-refractivity contribution in [1.29, 1.82) is 0 Å². The van der Waals surface area contributed by atoms with Crippen molar-refractivity contribution >= 4 is 5.91 Å². The lowest BCUT2D eigenvalue weighted by atomic mass is 9.87. The topological polar surface area (TPSA) is 41.6 Å². The maximum atomic E-state index is 12.4. The molecule has 1 amide bonds. The number of likely N-dealkylation sites (tertiary alicyclic amines) is 1. The van der Waals surface area contributed by atoms with Crippen molar-refractivity contribution in [3.05, 3.63) is 65.2 Å². The molecule has 1 aliphatic rings. The summed E-state index contributed by atoms with van der Waals surface area (Å²) < 4.78 is 5.82. The zero-order valence-electron chi connectivity index (χ0n) is 18.9. The molecule has 4 heteroatoms. The van der Waals surface area contributed by atoms with E-state index in [2.05, 4.69) is 67.4 Å². The van der Waals surface area contributed by atoms with Crippen LogP contribution in [0.5, 0.6) is 5.75 Å². The molecule has 1 heterocycles. The highest BCUT2D eigenvalue weighted by Gasteiger charge is 2.16. The van der Waals surface area contributed by atoms with Crippen LogP contribution >= 0.6 is 0 Å². The Morgan fingerprint density at radius 1 is 0.967 bits per heavy atom. The van der Waals surface area contributed by atoms with Gasteiger partial charge in [-0.05, 0) is 67.1 Å². The maximum absolute atomic E-state index is 12.4. The summed E-state index contributed by atoms with van der Waals surface area (Å²) in [7, 11) is 0. The molecule has 3 rings (SSSR count). The lowest BCUT2D eigenvalue weighted by Crippen LogP contribution is -2.35. The molecular weight excluding hydrogens is 372 g/mol. The quantitative estimate of drug-likeness (QED) is 0.697. The van der Waals surface area contributed by atoms with Crippen molar-refractivity contribution in [1.82, 2.24) is 10.2 Å². The molecule has 0 unspecified atom stereocenters. The number of nitrogens with one attached hydrogen (secondary N) is 1. The molecule has 0 radical (unpaired) electrons. The number of carbonyl (C=O) groups excluding carboxylic acids is 1. The van der Waals surface area contributed by atoms with Gasteiger partial charge in [-0.25, -0.2) is 0 Å². The Balaban J connectivity index is 1.45. The van der Waals surface area contributed by atoms with Crippen molar-refractivity contribution in [3.8, 4) is 5.75 Å². The van der Waals surface area contributed by atoms with Gasteiger partial charge in [-0.15, -0.1) is 0 Å². The first-order chi connectivity index (χ1) is 14.3. The predicted molar refractivity (Wildman–Crippen MR) is 123 cm³/mol. The standard InChI is InChI=1S/C26H36N2O2/c1-20(30-24-14-12-23(13-15-24)26(2,3)4)25(29)27-18-21-8-10-22(11-9-21)19-28-16-6-5-7-17-28/h8-15,20H,5-7,16-19H2,1-4H3,(H,27,29)/t20-/m1/s1. The third-order valence-electron chi connectivity index (χ3n) is 5.75. The highest BCUT2D eigenvalue weighted by Crippen LogP contribution is 2.24. The van der Waals surface area contributed by atoms with Crippen molar-refractivity contribution in [2.45, 2.75) is 71.6 Å². The van der Waals surface area contributed by atoms with Gasteiger partial charge in [-0.2, -0.15) is 0 Å². The van der Waals surface area contributed by atoms with Crippen LogP contribution in [0.25, 0.3) is 0 Å². The van der Waals surface area contributed by atoms with Crippen molar-refractivity contribution in [2.75, 3.05) is 13.1 Å². The van der Waals surface area contributed by atoms with Gasteiger partial charge in [-0.1, -0.05) is 63.6 Å². The van der Waals surface area contributed by atoms with Crippen LogP contribution in [0.4, 0.5) is 0 Å². The van der Waals surface area contributed by atoms with Gasteiger partial charge in [0.2, 0.25) is 0 Å². The van der Waals surface area contributed by atoms with E-state index in [1.807, 2.05) is 12.1 Å². The zero-order valence-corrected chi connectivity index (χ0v) is 18.9. The first kappa shape index (κ1) is 22.4. The molecule has 0 aliphatic carbocycles. The molecule has 30 heavy (non-hydrogen) atoms. The van der Waals surface area contributed by atoms with Crippen LogP contribution in [0.3, 0.4) is 0 Å². The highest BCUT2D eigenvalue weighted by molar-refractivity contribution is 5.80. The van der Waals surface area contributed by atoms with Crippen molar-refractivity contribution in [2.24, 2.45) is 0 Å². The molecule has 1 saturated heterocycles. The minimum absolute atomic E-state index is 0.102.